The van der Waals surface area contributed by atoms with E-state index in [2.05, 4.69) is 39.4 Å². The molecule has 0 aliphatic heterocycles. The lowest BCUT2D eigenvalue weighted by molar-refractivity contribution is -0.139. The highest BCUT2D eigenvalue weighted by Crippen LogP contribution is 2.32. The molecular formula is C28H25N3O4. The Hall–Kier alpha value is -4.57. The molecule has 0 bridgehead atoms. The summed E-state index contributed by atoms with van der Waals surface area (Å²) < 4.78 is 11.0. The summed E-state index contributed by atoms with van der Waals surface area (Å²) in [6.45, 7) is 2.47. The molecule has 1 aromatic heterocycles. The first-order valence-electron chi connectivity index (χ1n) is 11.2. The summed E-state index contributed by atoms with van der Waals surface area (Å²) in [7, 11) is 0. The number of nitrogens with one attached hydrogen (secondary N) is 1. The minimum atomic E-state index is -1.05. The topological polar surface area (TPSA) is 93.6 Å². The van der Waals surface area contributed by atoms with E-state index in [1.807, 2.05) is 31.2 Å². The minimum absolute atomic E-state index is 0.366. The Bertz CT molecular complexity index is 1390. The van der Waals surface area contributed by atoms with E-state index >= 15 is 0 Å². The van der Waals surface area contributed by atoms with Gasteiger partial charge in [-0.3, -0.25) is 0 Å². The van der Waals surface area contributed by atoms with Gasteiger partial charge in [0.25, 0.3) is 0 Å². The molecule has 0 atom stereocenters. The number of benzene rings is 3. The van der Waals surface area contributed by atoms with Gasteiger partial charge in [0.05, 0.1) is 12.3 Å². The summed E-state index contributed by atoms with van der Waals surface area (Å²) in [6, 6.07) is 19.5. The Kier molecular flexibility index (Phi) is 7.44. The molecule has 0 spiro atoms. The van der Waals surface area contributed by atoms with Gasteiger partial charge in [0.2, 0.25) is 0 Å². The van der Waals surface area contributed by atoms with Crippen LogP contribution in [0.25, 0.3) is 22.0 Å². The average molecular weight is 468 g/mol. The molecule has 0 aliphatic carbocycles. The summed E-state index contributed by atoms with van der Waals surface area (Å²) in [5.74, 6) is 3.24. The molecule has 4 aromatic rings. The van der Waals surface area contributed by atoms with Crippen molar-refractivity contribution < 1.29 is 19.4 Å². The fraction of sp³-hybridized carbons (Fsp3) is 0.179. The zero-order valence-electron chi connectivity index (χ0n) is 19.3. The number of aliphatic carboxylic acids is 1. The third-order valence-electron chi connectivity index (χ3n) is 5.39. The van der Waals surface area contributed by atoms with E-state index in [0.717, 1.165) is 33.9 Å². The molecule has 7 heteroatoms. The van der Waals surface area contributed by atoms with Crippen molar-refractivity contribution in [2.45, 2.75) is 13.3 Å². The van der Waals surface area contributed by atoms with Gasteiger partial charge >= 0.3 is 5.97 Å². The normalized spacial score (nSPS) is 10.5. The minimum Gasteiger partial charge on any atom is -0.490 e. The van der Waals surface area contributed by atoms with Gasteiger partial charge in [-0.25, -0.2) is 14.8 Å². The van der Waals surface area contributed by atoms with Gasteiger partial charge in [-0.1, -0.05) is 30.2 Å². The standard InChI is InChI=1S/C28H25N3O4/c1-3-19-13-20-7-5-6-8-21(20)14-22(19)11-12-29-27-16-24(30-18-31-27)23-9-10-25(35-17-28(32)33)26(15-23)34-4-2/h1,5-10,13-16,18H,4,11-12,17H2,2H3,(H,32,33)(H,29,30,31). The van der Waals surface area contributed by atoms with Gasteiger partial charge in [-0.2, -0.15) is 0 Å². The predicted molar refractivity (Wildman–Crippen MR) is 136 cm³/mol. The first-order valence-corrected chi connectivity index (χ1v) is 11.2. The van der Waals surface area contributed by atoms with Crippen molar-refractivity contribution in [2.75, 3.05) is 25.1 Å². The molecule has 2 N–H and O–H groups in total. The van der Waals surface area contributed by atoms with Crippen molar-refractivity contribution in [1.82, 2.24) is 9.97 Å². The molecule has 7 nitrogen and oxygen atoms in total. The molecule has 35 heavy (non-hydrogen) atoms. The van der Waals surface area contributed by atoms with Crippen LogP contribution in [0.5, 0.6) is 11.5 Å². The van der Waals surface area contributed by atoms with E-state index in [4.69, 9.17) is 21.0 Å². The lowest BCUT2D eigenvalue weighted by Crippen LogP contribution is -2.10. The van der Waals surface area contributed by atoms with Crippen LogP contribution >= 0.6 is 0 Å². The van der Waals surface area contributed by atoms with E-state index in [0.29, 0.717) is 36.2 Å². The monoisotopic (exact) mass is 467 g/mol. The summed E-state index contributed by atoms with van der Waals surface area (Å²) in [6.07, 6.45) is 7.99. The maximum Gasteiger partial charge on any atom is 0.341 e. The third-order valence-corrected chi connectivity index (χ3v) is 5.39. The number of hydrogen-bond acceptors (Lipinski definition) is 6. The van der Waals surface area contributed by atoms with Crippen LogP contribution in [0.3, 0.4) is 0 Å². The lowest BCUT2D eigenvalue weighted by Gasteiger charge is -2.13. The van der Waals surface area contributed by atoms with Crippen LogP contribution < -0.4 is 14.8 Å². The summed E-state index contributed by atoms with van der Waals surface area (Å²) in [5, 5.41) is 14.5. The van der Waals surface area contributed by atoms with Crippen LogP contribution in [0.4, 0.5) is 5.82 Å². The van der Waals surface area contributed by atoms with Crippen LogP contribution in [0.1, 0.15) is 18.1 Å². The van der Waals surface area contributed by atoms with Gasteiger partial charge in [-0.15, -0.1) is 6.42 Å². The summed E-state index contributed by atoms with van der Waals surface area (Å²) in [5.41, 5.74) is 3.49. The predicted octanol–water partition coefficient (Wildman–Crippen LogP) is 4.79. The Morgan fingerprint density at radius 2 is 1.83 bits per heavy atom. The highest BCUT2D eigenvalue weighted by molar-refractivity contribution is 5.85. The number of anilines is 1. The van der Waals surface area contributed by atoms with Crippen LogP contribution in [0.2, 0.25) is 0 Å². The van der Waals surface area contributed by atoms with Crippen LogP contribution in [-0.4, -0.2) is 40.8 Å². The van der Waals surface area contributed by atoms with Crippen LogP contribution in [0.15, 0.2) is 67.0 Å². The second kappa shape index (κ2) is 11.0. The van der Waals surface area contributed by atoms with Crippen molar-refractivity contribution in [3.05, 3.63) is 78.1 Å². The smallest absolute Gasteiger partial charge is 0.341 e. The number of aromatic nitrogens is 2. The van der Waals surface area contributed by atoms with E-state index in [9.17, 15) is 4.79 Å². The molecule has 0 radical (unpaired) electrons. The first kappa shape index (κ1) is 23.6. The van der Waals surface area contributed by atoms with Crippen molar-refractivity contribution in [3.8, 4) is 35.1 Å². The number of carboxylic acids is 1. The van der Waals surface area contributed by atoms with Crippen molar-refractivity contribution in [1.29, 1.82) is 0 Å². The molecule has 0 amide bonds. The zero-order chi connectivity index (χ0) is 24.6. The average Bonchev–Trinajstić information content (AvgIpc) is 2.87. The van der Waals surface area contributed by atoms with Gasteiger partial charge in [0.15, 0.2) is 18.1 Å². The number of carbonyl (C=O) groups is 1. The summed E-state index contributed by atoms with van der Waals surface area (Å²) in [4.78, 5) is 19.5. The number of terminal acetylenes is 1. The molecule has 0 unspecified atom stereocenters. The number of nitrogens with zero attached hydrogens (tertiary/aromatic N) is 2. The van der Waals surface area contributed by atoms with E-state index < -0.39 is 12.6 Å². The lowest BCUT2D eigenvalue weighted by atomic mass is 9.99. The molecule has 0 saturated carbocycles. The van der Waals surface area contributed by atoms with Crippen LogP contribution in [0, 0.1) is 12.3 Å². The molecule has 176 valence electrons. The first-order chi connectivity index (χ1) is 17.1. The Morgan fingerprint density at radius 1 is 1.03 bits per heavy atom. The Balaban J connectivity index is 1.48. The van der Waals surface area contributed by atoms with Crippen molar-refractivity contribution >= 4 is 22.6 Å². The highest BCUT2D eigenvalue weighted by atomic mass is 16.5. The molecular weight excluding hydrogens is 442 g/mol. The second-order valence-electron chi connectivity index (χ2n) is 7.74. The number of carboxylic acid groups (broad SMARTS) is 1. The molecule has 0 aliphatic rings. The number of rotatable bonds is 10. The van der Waals surface area contributed by atoms with Crippen LogP contribution in [-0.2, 0) is 11.2 Å². The van der Waals surface area contributed by atoms with Gasteiger partial charge in [0.1, 0.15) is 12.1 Å². The van der Waals surface area contributed by atoms with Gasteiger partial charge < -0.3 is 19.9 Å². The molecule has 0 saturated heterocycles. The van der Waals surface area contributed by atoms with E-state index in [-0.39, 0.29) is 0 Å². The van der Waals surface area contributed by atoms with Gasteiger partial charge in [0, 0.05) is 23.7 Å². The summed E-state index contributed by atoms with van der Waals surface area (Å²) >= 11 is 0. The molecule has 3 aromatic carbocycles. The fourth-order valence-electron chi connectivity index (χ4n) is 3.76. The van der Waals surface area contributed by atoms with E-state index in [1.165, 1.54) is 6.33 Å². The Labute approximate surface area is 203 Å². The zero-order valence-corrected chi connectivity index (χ0v) is 19.3. The SMILES string of the molecule is C#Cc1cc2ccccc2cc1CCNc1cc(-c2ccc(OCC(=O)O)c(OCC)c2)ncn1. The maximum atomic E-state index is 10.8. The quantitative estimate of drug-likeness (QED) is 0.324. The second-order valence-corrected chi connectivity index (χ2v) is 7.74. The number of fused-ring (bicyclic) bond motifs is 1. The Morgan fingerprint density at radius 3 is 2.57 bits per heavy atom. The fourth-order valence-corrected chi connectivity index (χ4v) is 3.76. The number of ether oxygens (including phenoxy) is 2. The van der Waals surface area contributed by atoms with Crippen molar-refractivity contribution in [2.24, 2.45) is 0 Å². The van der Waals surface area contributed by atoms with Gasteiger partial charge in [-0.05, 0) is 60.0 Å². The van der Waals surface area contributed by atoms with Crippen molar-refractivity contribution in [3.63, 3.8) is 0 Å². The van der Waals surface area contributed by atoms with E-state index in [1.54, 1.807) is 18.2 Å². The number of hydrogen-bond donors (Lipinski definition) is 2. The largest absolute Gasteiger partial charge is 0.490 e. The highest BCUT2D eigenvalue weighted by Gasteiger charge is 2.11. The molecule has 0 fully saturated rings. The molecule has 1 heterocycles. The molecule has 4 rings (SSSR count). The maximum absolute atomic E-state index is 10.8. The third kappa shape index (κ3) is 5.87.